The van der Waals surface area contributed by atoms with Gasteiger partial charge in [-0.25, -0.2) is 9.59 Å². The SMILES string of the molecule is CC(C)(C)O[C@@H]1C[C@@H](C(=O)Nc2ccc(-c3cc(-c4ccc(NC(=O)[C@]5(Cc6ccccc6)C(Cc6ccccc6)[C@@H](OC(C)(C)C)CN5C(=O)O)cc4)n[nH]3)cc2)N(C(=O)O)C1. The molecule has 0 aliphatic carbocycles. The first-order valence-corrected chi connectivity index (χ1v) is 21.2. The third-order valence-corrected chi connectivity index (χ3v) is 11.5. The number of anilines is 2. The van der Waals surface area contributed by atoms with Crippen LogP contribution in [0, 0.1) is 5.92 Å². The Morgan fingerprint density at radius 2 is 1.30 bits per heavy atom. The van der Waals surface area contributed by atoms with Crippen molar-refractivity contribution in [3.63, 3.8) is 0 Å². The highest BCUT2D eigenvalue weighted by Gasteiger charge is 2.61. The highest BCUT2D eigenvalue weighted by molar-refractivity contribution is 6.01. The van der Waals surface area contributed by atoms with E-state index in [2.05, 4.69) is 20.8 Å². The van der Waals surface area contributed by atoms with Gasteiger partial charge in [-0.05, 0) is 95.0 Å². The summed E-state index contributed by atoms with van der Waals surface area (Å²) in [6.45, 7) is 11.6. The lowest BCUT2D eigenvalue weighted by Gasteiger charge is -2.40. The third kappa shape index (κ3) is 10.4. The Balaban J connectivity index is 1.08. The molecule has 3 heterocycles. The number of rotatable bonds is 12. The van der Waals surface area contributed by atoms with Crippen molar-refractivity contribution in [2.24, 2.45) is 5.92 Å². The average Bonchev–Trinajstić information content (AvgIpc) is 3.96. The van der Waals surface area contributed by atoms with E-state index < -0.39 is 58.8 Å². The molecule has 63 heavy (non-hydrogen) atoms. The van der Waals surface area contributed by atoms with Gasteiger partial charge in [0.15, 0.2) is 0 Å². The monoisotopic (exact) mass is 856 g/mol. The second kappa shape index (κ2) is 18.1. The van der Waals surface area contributed by atoms with Gasteiger partial charge < -0.3 is 30.3 Å². The first-order valence-electron chi connectivity index (χ1n) is 21.2. The summed E-state index contributed by atoms with van der Waals surface area (Å²) in [4.78, 5) is 55.8. The van der Waals surface area contributed by atoms with E-state index in [0.29, 0.717) is 23.5 Å². The van der Waals surface area contributed by atoms with E-state index in [9.17, 15) is 29.4 Å². The number of aromatic amines is 1. The third-order valence-electron chi connectivity index (χ3n) is 11.5. The van der Waals surface area contributed by atoms with Crippen molar-refractivity contribution in [2.75, 3.05) is 23.7 Å². The number of benzene rings is 4. The Morgan fingerprint density at radius 3 is 1.87 bits per heavy atom. The van der Waals surface area contributed by atoms with Crippen LogP contribution in [0.15, 0.2) is 115 Å². The minimum atomic E-state index is -1.52. The number of aromatic nitrogens is 2. The fourth-order valence-electron chi connectivity index (χ4n) is 8.86. The van der Waals surface area contributed by atoms with E-state index in [1.54, 1.807) is 24.3 Å². The predicted molar refractivity (Wildman–Crippen MR) is 240 cm³/mol. The van der Waals surface area contributed by atoms with Gasteiger partial charge >= 0.3 is 12.2 Å². The van der Waals surface area contributed by atoms with Crippen LogP contribution in [0.5, 0.6) is 0 Å². The van der Waals surface area contributed by atoms with Crippen molar-refractivity contribution in [3.05, 3.63) is 126 Å². The fourth-order valence-corrected chi connectivity index (χ4v) is 8.86. The summed E-state index contributed by atoms with van der Waals surface area (Å²) < 4.78 is 12.6. The van der Waals surface area contributed by atoms with Gasteiger partial charge in [0, 0.05) is 35.7 Å². The van der Waals surface area contributed by atoms with Crippen LogP contribution in [-0.4, -0.2) is 102 Å². The molecular weight excluding hydrogens is 801 g/mol. The normalized spacial score (nSPS) is 21.3. The molecule has 1 unspecified atom stereocenters. The van der Waals surface area contributed by atoms with Gasteiger partial charge in [0.25, 0.3) is 5.91 Å². The van der Waals surface area contributed by atoms with E-state index in [1.807, 2.05) is 133 Å². The molecule has 14 heteroatoms. The Labute approximate surface area is 367 Å². The quantitative estimate of drug-likeness (QED) is 0.0820. The molecule has 0 saturated carbocycles. The van der Waals surface area contributed by atoms with Gasteiger partial charge in [0.1, 0.15) is 11.6 Å². The number of hydrogen-bond donors (Lipinski definition) is 5. The van der Waals surface area contributed by atoms with Crippen LogP contribution in [-0.2, 0) is 31.9 Å². The number of amides is 4. The minimum absolute atomic E-state index is 0.0300. The molecule has 5 atom stereocenters. The number of carbonyl (C=O) groups is 4. The number of hydrogen-bond acceptors (Lipinski definition) is 7. The molecule has 5 aromatic rings. The number of nitrogens with zero attached hydrogens (tertiary/aromatic N) is 3. The van der Waals surface area contributed by atoms with Crippen LogP contribution in [0.3, 0.4) is 0 Å². The van der Waals surface area contributed by atoms with Crippen molar-refractivity contribution in [1.82, 2.24) is 20.0 Å². The smallest absolute Gasteiger partial charge is 0.408 e. The molecule has 4 aromatic carbocycles. The van der Waals surface area contributed by atoms with Gasteiger partial charge in [-0.3, -0.25) is 24.5 Å². The lowest BCUT2D eigenvalue weighted by Crippen LogP contribution is -2.60. The maximum absolute atomic E-state index is 15.0. The summed E-state index contributed by atoms with van der Waals surface area (Å²) in [5.41, 5.74) is 3.19. The Bertz CT molecular complexity index is 2390. The van der Waals surface area contributed by atoms with Crippen LogP contribution in [0.4, 0.5) is 21.0 Å². The molecule has 1 aromatic heterocycles. The van der Waals surface area contributed by atoms with Gasteiger partial charge in [-0.2, -0.15) is 5.10 Å². The van der Waals surface area contributed by atoms with E-state index in [-0.39, 0.29) is 32.0 Å². The summed E-state index contributed by atoms with van der Waals surface area (Å²) in [6.07, 6.45) is -2.49. The number of ether oxygens (including phenoxy) is 2. The van der Waals surface area contributed by atoms with Gasteiger partial charge in [-0.1, -0.05) is 84.9 Å². The van der Waals surface area contributed by atoms with Crippen LogP contribution in [0.2, 0.25) is 0 Å². The van der Waals surface area contributed by atoms with Crippen LogP contribution in [0.25, 0.3) is 22.5 Å². The summed E-state index contributed by atoms with van der Waals surface area (Å²) in [5.74, 6) is -1.39. The molecule has 330 valence electrons. The highest BCUT2D eigenvalue weighted by atomic mass is 16.5. The van der Waals surface area contributed by atoms with Crippen LogP contribution in [0.1, 0.15) is 59.1 Å². The van der Waals surface area contributed by atoms with Crippen molar-refractivity contribution < 1.29 is 38.9 Å². The average molecular weight is 857 g/mol. The second-order valence-corrected chi connectivity index (χ2v) is 18.3. The topological polar surface area (TPSA) is 186 Å². The molecule has 2 fully saturated rings. The largest absolute Gasteiger partial charge is 0.465 e. The molecule has 14 nitrogen and oxygen atoms in total. The first kappa shape index (κ1) is 44.5. The molecule has 2 saturated heterocycles. The maximum atomic E-state index is 15.0. The fraction of sp³-hybridized carbons (Fsp3) is 0.367. The molecule has 2 aliphatic heterocycles. The molecule has 2 aliphatic rings. The van der Waals surface area contributed by atoms with Gasteiger partial charge in [0.05, 0.1) is 47.9 Å². The highest BCUT2D eigenvalue weighted by Crippen LogP contribution is 2.44. The van der Waals surface area contributed by atoms with Gasteiger partial charge in [0.2, 0.25) is 5.91 Å². The van der Waals surface area contributed by atoms with E-state index in [0.717, 1.165) is 32.8 Å². The molecule has 4 amide bonds. The molecule has 0 radical (unpaired) electrons. The second-order valence-electron chi connectivity index (χ2n) is 18.3. The molecular formula is C49H56N6O8. The standard InChI is InChI=1S/C49H56N6O8/c1-47(2,3)62-37-26-41(54(29-37)45(58)59)43(56)50-35-21-17-33(18-22-35)39-27-40(53-52-39)34-19-23-36(24-20-34)51-44(57)49(28-32-15-11-8-12-16-32)38(25-31-13-9-7-10-14-31)42(63-48(4,5)6)30-55(49)46(60)61/h7-24,27,37-38,41-42H,25-26,28-30H2,1-6H3,(H,50,56)(H,51,57)(H,52,53)(H,58,59)(H,60,61)/t37-,38?,41+,42+,49+/m1/s1. The summed E-state index contributed by atoms with van der Waals surface area (Å²) in [5, 5.41) is 34.1. The zero-order valence-electron chi connectivity index (χ0n) is 36.5. The molecule has 5 N–H and O–H groups in total. The number of carboxylic acid groups (broad SMARTS) is 2. The first-order chi connectivity index (χ1) is 29.9. The summed E-state index contributed by atoms with van der Waals surface area (Å²) >= 11 is 0. The van der Waals surface area contributed by atoms with E-state index in [4.69, 9.17) is 9.47 Å². The molecule has 0 bridgehead atoms. The molecule has 7 rings (SSSR count). The van der Waals surface area contributed by atoms with Crippen molar-refractivity contribution in [3.8, 4) is 22.5 Å². The maximum Gasteiger partial charge on any atom is 0.408 e. The van der Waals surface area contributed by atoms with Crippen molar-refractivity contribution in [2.45, 2.75) is 95.8 Å². The van der Waals surface area contributed by atoms with Crippen molar-refractivity contribution in [1.29, 1.82) is 0 Å². The van der Waals surface area contributed by atoms with E-state index >= 15 is 0 Å². The Hall–Kier alpha value is -6.51. The van der Waals surface area contributed by atoms with Crippen molar-refractivity contribution >= 4 is 35.4 Å². The predicted octanol–water partition coefficient (Wildman–Crippen LogP) is 8.57. The minimum Gasteiger partial charge on any atom is -0.465 e. The van der Waals surface area contributed by atoms with E-state index in [1.165, 1.54) is 4.90 Å². The lowest BCUT2D eigenvalue weighted by atomic mass is 9.74. The number of H-pyrrole nitrogens is 1. The number of nitrogens with one attached hydrogen (secondary N) is 3. The van der Waals surface area contributed by atoms with Crippen LogP contribution < -0.4 is 10.6 Å². The zero-order chi connectivity index (χ0) is 45.1. The lowest BCUT2D eigenvalue weighted by molar-refractivity contribution is -0.130. The van der Waals surface area contributed by atoms with Gasteiger partial charge in [-0.15, -0.1) is 0 Å². The summed E-state index contributed by atoms with van der Waals surface area (Å²) in [7, 11) is 0. The Morgan fingerprint density at radius 1 is 0.730 bits per heavy atom. The zero-order valence-corrected chi connectivity index (χ0v) is 36.5. The van der Waals surface area contributed by atoms with Crippen LogP contribution >= 0.6 is 0 Å². The number of likely N-dealkylation sites (tertiary alicyclic amines) is 2. The number of carbonyl (C=O) groups excluding carboxylic acids is 2. The molecule has 0 spiro atoms. The Kier molecular flexibility index (Phi) is 12.8. The summed E-state index contributed by atoms with van der Waals surface area (Å²) in [6, 6.07) is 34.7.